The van der Waals surface area contributed by atoms with Gasteiger partial charge in [0, 0.05) is 16.3 Å². The number of para-hydroxylation sites is 2. The second-order valence-corrected chi connectivity index (χ2v) is 6.91. The van der Waals surface area contributed by atoms with Gasteiger partial charge in [-0.25, -0.2) is 0 Å². The fourth-order valence-electron chi connectivity index (χ4n) is 2.53. The molecule has 1 heterocycles. The van der Waals surface area contributed by atoms with Crippen molar-refractivity contribution >= 4 is 34.5 Å². The summed E-state index contributed by atoms with van der Waals surface area (Å²) in [6.07, 6.45) is 0.320. The highest BCUT2D eigenvalue weighted by atomic mass is 32.1. The van der Waals surface area contributed by atoms with Gasteiger partial charge in [-0.2, -0.15) is 0 Å². The maximum absolute atomic E-state index is 12.2. The molecule has 3 aromatic rings. The minimum Gasteiger partial charge on any atom is -0.493 e. The number of benzene rings is 2. The van der Waals surface area contributed by atoms with Crippen molar-refractivity contribution in [3.8, 4) is 11.5 Å². The van der Waals surface area contributed by atoms with Crippen LogP contribution in [0.1, 0.15) is 4.88 Å². The molecule has 0 unspecified atom stereocenters. The highest BCUT2D eigenvalue weighted by Crippen LogP contribution is 2.25. The maximum atomic E-state index is 12.2. The van der Waals surface area contributed by atoms with E-state index in [2.05, 4.69) is 10.6 Å². The van der Waals surface area contributed by atoms with Gasteiger partial charge in [-0.05, 0) is 41.8 Å². The van der Waals surface area contributed by atoms with E-state index >= 15 is 0 Å². The van der Waals surface area contributed by atoms with Gasteiger partial charge in [0.2, 0.25) is 5.91 Å². The van der Waals surface area contributed by atoms with Crippen LogP contribution in [0.2, 0.25) is 0 Å². The van der Waals surface area contributed by atoms with Gasteiger partial charge in [0.15, 0.2) is 18.1 Å². The molecule has 0 fully saturated rings. The SMILES string of the molecule is COc1ccccc1OCC(=O)Nc1cccc(NC(=O)Cc2cccs2)c1. The topological polar surface area (TPSA) is 76.7 Å². The van der Waals surface area contributed by atoms with Crippen molar-refractivity contribution in [2.75, 3.05) is 24.4 Å². The van der Waals surface area contributed by atoms with Crippen LogP contribution in [-0.4, -0.2) is 25.5 Å². The lowest BCUT2D eigenvalue weighted by molar-refractivity contribution is -0.118. The average molecular weight is 396 g/mol. The summed E-state index contributed by atoms with van der Waals surface area (Å²) in [5.41, 5.74) is 1.19. The standard InChI is InChI=1S/C21H20N2O4S/c1-26-18-9-2-3-10-19(18)27-14-21(25)23-16-7-4-6-15(12-16)22-20(24)13-17-8-5-11-28-17/h2-12H,13-14H2,1H3,(H,22,24)(H,23,25). The molecule has 2 aromatic carbocycles. The van der Waals surface area contributed by atoms with Crippen LogP contribution in [0.4, 0.5) is 11.4 Å². The zero-order valence-corrected chi connectivity index (χ0v) is 16.1. The first-order valence-corrected chi connectivity index (χ1v) is 9.50. The number of nitrogens with one attached hydrogen (secondary N) is 2. The third kappa shape index (κ3) is 5.59. The Kier molecular flexibility index (Phi) is 6.64. The summed E-state index contributed by atoms with van der Waals surface area (Å²) in [5, 5.41) is 7.53. The van der Waals surface area contributed by atoms with Crippen molar-refractivity contribution in [2.24, 2.45) is 0 Å². The molecule has 0 aliphatic heterocycles. The van der Waals surface area contributed by atoms with Gasteiger partial charge in [-0.3, -0.25) is 9.59 Å². The Morgan fingerprint density at radius 3 is 2.29 bits per heavy atom. The molecule has 2 amide bonds. The highest BCUT2D eigenvalue weighted by molar-refractivity contribution is 7.10. The number of anilines is 2. The first-order chi connectivity index (χ1) is 13.6. The Morgan fingerprint density at radius 1 is 0.893 bits per heavy atom. The smallest absolute Gasteiger partial charge is 0.262 e. The van der Waals surface area contributed by atoms with E-state index < -0.39 is 0 Å². The van der Waals surface area contributed by atoms with E-state index in [1.54, 1.807) is 49.6 Å². The summed E-state index contributed by atoms with van der Waals surface area (Å²) in [4.78, 5) is 25.3. The van der Waals surface area contributed by atoms with Crippen LogP contribution < -0.4 is 20.1 Å². The molecule has 6 nitrogen and oxygen atoms in total. The summed E-state index contributed by atoms with van der Waals surface area (Å²) >= 11 is 1.54. The van der Waals surface area contributed by atoms with Crippen molar-refractivity contribution in [3.05, 3.63) is 70.9 Å². The number of hydrogen-bond acceptors (Lipinski definition) is 5. The minimum absolute atomic E-state index is 0.106. The fourth-order valence-corrected chi connectivity index (χ4v) is 3.23. The van der Waals surface area contributed by atoms with Crippen LogP contribution in [0.15, 0.2) is 66.0 Å². The summed E-state index contributed by atoms with van der Waals surface area (Å²) in [6.45, 7) is -0.157. The monoisotopic (exact) mass is 396 g/mol. The van der Waals surface area contributed by atoms with E-state index in [4.69, 9.17) is 9.47 Å². The van der Waals surface area contributed by atoms with Gasteiger partial charge < -0.3 is 20.1 Å². The molecule has 0 atom stereocenters. The van der Waals surface area contributed by atoms with Crippen molar-refractivity contribution in [2.45, 2.75) is 6.42 Å². The molecule has 0 aliphatic rings. The fraction of sp³-hybridized carbons (Fsp3) is 0.143. The van der Waals surface area contributed by atoms with Crippen LogP contribution >= 0.6 is 11.3 Å². The average Bonchev–Trinajstić information content (AvgIpc) is 3.19. The zero-order valence-electron chi connectivity index (χ0n) is 15.3. The number of carbonyl (C=O) groups excluding carboxylic acids is 2. The lowest BCUT2D eigenvalue weighted by Crippen LogP contribution is -2.20. The van der Waals surface area contributed by atoms with Gasteiger partial charge in [0.1, 0.15) is 0 Å². The number of rotatable bonds is 8. The summed E-state index contributed by atoms with van der Waals surface area (Å²) in [7, 11) is 1.54. The van der Waals surface area contributed by atoms with E-state index in [-0.39, 0.29) is 18.4 Å². The van der Waals surface area contributed by atoms with E-state index in [0.29, 0.717) is 29.3 Å². The molecule has 0 radical (unpaired) electrons. The Hall–Kier alpha value is -3.32. The Morgan fingerprint density at radius 2 is 1.61 bits per heavy atom. The van der Waals surface area contributed by atoms with Gasteiger partial charge in [0.05, 0.1) is 13.5 Å². The van der Waals surface area contributed by atoms with Crippen molar-refractivity contribution < 1.29 is 19.1 Å². The van der Waals surface area contributed by atoms with E-state index in [9.17, 15) is 9.59 Å². The number of amides is 2. The maximum Gasteiger partial charge on any atom is 0.262 e. The molecule has 2 N–H and O–H groups in total. The molecule has 7 heteroatoms. The predicted octanol–water partition coefficient (Wildman–Crippen LogP) is 3.96. The predicted molar refractivity (Wildman–Crippen MR) is 110 cm³/mol. The molecule has 0 bridgehead atoms. The van der Waals surface area contributed by atoms with E-state index in [1.807, 2.05) is 23.6 Å². The first-order valence-electron chi connectivity index (χ1n) is 8.62. The molecule has 0 aliphatic carbocycles. The number of ether oxygens (including phenoxy) is 2. The van der Waals surface area contributed by atoms with Gasteiger partial charge in [-0.15, -0.1) is 11.3 Å². The van der Waals surface area contributed by atoms with Crippen molar-refractivity contribution in [1.29, 1.82) is 0 Å². The van der Waals surface area contributed by atoms with Crippen LogP contribution in [0.3, 0.4) is 0 Å². The van der Waals surface area contributed by atoms with Crippen LogP contribution in [0.25, 0.3) is 0 Å². The van der Waals surface area contributed by atoms with Gasteiger partial charge >= 0.3 is 0 Å². The lowest BCUT2D eigenvalue weighted by atomic mass is 10.2. The summed E-state index contributed by atoms with van der Waals surface area (Å²) in [6, 6.07) is 17.9. The van der Waals surface area contributed by atoms with E-state index in [1.165, 1.54) is 11.3 Å². The number of thiophene rings is 1. The van der Waals surface area contributed by atoms with Gasteiger partial charge in [-0.1, -0.05) is 24.3 Å². The van der Waals surface area contributed by atoms with Crippen LogP contribution in [0.5, 0.6) is 11.5 Å². The molecular weight excluding hydrogens is 376 g/mol. The Bertz CT molecular complexity index is 941. The molecule has 0 spiro atoms. The lowest BCUT2D eigenvalue weighted by Gasteiger charge is -2.11. The van der Waals surface area contributed by atoms with Gasteiger partial charge in [0.25, 0.3) is 5.91 Å². The Balaban J connectivity index is 1.53. The highest BCUT2D eigenvalue weighted by Gasteiger charge is 2.09. The third-order valence-electron chi connectivity index (χ3n) is 3.77. The first kappa shape index (κ1) is 19.4. The van der Waals surface area contributed by atoms with Crippen LogP contribution in [-0.2, 0) is 16.0 Å². The molecule has 28 heavy (non-hydrogen) atoms. The molecule has 3 rings (SSSR count). The molecule has 0 saturated heterocycles. The minimum atomic E-state index is -0.312. The number of carbonyl (C=O) groups is 2. The normalized spacial score (nSPS) is 10.2. The largest absolute Gasteiger partial charge is 0.493 e. The van der Waals surface area contributed by atoms with E-state index in [0.717, 1.165) is 4.88 Å². The molecule has 0 saturated carbocycles. The third-order valence-corrected chi connectivity index (χ3v) is 4.65. The molecule has 1 aromatic heterocycles. The van der Waals surface area contributed by atoms with Crippen LogP contribution in [0, 0.1) is 0 Å². The summed E-state index contributed by atoms with van der Waals surface area (Å²) in [5.74, 6) is 0.638. The molecule has 144 valence electrons. The molecular formula is C21H20N2O4S. The number of methoxy groups -OCH3 is 1. The second kappa shape index (κ2) is 9.57. The zero-order chi connectivity index (χ0) is 19.8. The van der Waals surface area contributed by atoms with Crippen molar-refractivity contribution in [1.82, 2.24) is 0 Å². The van der Waals surface area contributed by atoms with Crippen molar-refractivity contribution in [3.63, 3.8) is 0 Å². The number of hydrogen-bond donors (Lipinski definition) is 2. The second-order valence-electron chi connectivity index (χ2n) is 5.87. The quantitative estimate of drug-likeness (QED) is 0.604. The Labute approximate surface area is 167 Å². The summed E-state index contributed by atoms with van der Waals surface area (Å²) < 4.78 is 10.7.